The highest BCUT2D eigenvalue weighted by Gasteiger charge is 2.24. The third kappa shape index (κ3) is 1.85. The number of nitrogens with zero attached hydrogens (tertiary/aromatic N) is 3. The Labute approximate surface area is 83.1 Å². The maximum atomic E-state index is 6.12. The molecule has 0 saturated heterocycles. The van der Waals surface area contributed by atoms with Gasteiger partial charge in [-0.3, -0.25) is 4.68 Å². The summed E-state index contributed by atoms with van der Waals surface area (Å²) in [6, 6.07) is 0. The highest BCUT2D eigenvalue weighted by Crippen LogP contribution is 2.33. The Balaban J connectivity index is 2.12. The van der Waals surface area contributed by atoms with Crippen LogP contribution in [0.2, 0.25) is 0 Å². The molecule has 0 aromatic carbocycles. The van der Waals surface area contributed by atoms with E-state index >= 15 is 0 Å². The summed E-state index contributed by atoms with van der Waals surface area (Å²) in [5.74, 6) is 1.61. The van der Waals surface area contributed by atoms with E-state index in [0.717, 1.165) is 18.7 Å². The van der Waals surface area contributed by atoms with E-state index in [-0.39, 0.29) is 0 Å². The minimum atomic E-state index is 0.329. The third-order valence-corrected chi connectivity index (χ3v) is 3.12. The van der Waals surface area contributed by atoms with Crippen molar-refractivity contribution >= 4 is 11.6 Å². The first-order valence-electron chi connectivity index (χ1n) is 4.75. The summed E-state index contributed by atoms with van der Waals surface area (Å²) in [7, 11) is 1.94. The van der Waals surface area contributed by atoms with Gasteiger partial charge in [-0.05, 0) is 19.3 Å². The number of aromatic nitrogens is 3. The zero-order valence-electron chi connectivity index (χ0n) is 7.78. The van der Waals surface area contributed by atoms with Gasteiger partial charge in [-0.1, -0.05) is 6.42 Å². The molecule has 0 spiro atoms. The molecule has 72 valence electrons. The molecular weight excluding hydrogens is 186 g/mol. The predicted molar refractivity (Wildman–Crippen MR) is 51.9 cm³/mol. The van der Waals surface area contributed by atoms with Gasteiger partial charge in [-0.2, -0.15) is 5.10 Å². The first-order valence-corrected chi connectivity index (χ1v) is 5.19. The van der Waals surface area contributed by atoms with E-state index in [9.17, 15) is 0 Å². The molecule has 1 aliphatic carbocycles. The van der Waals surface area contributed by atoms with Crippen LogP contribution in [0.1, 0.15) is 37.4 Å². The van der Waals surface area contributed by atoms with Crippen molar-refractivity contribution in [2.24, 2.45) is 7.05 Å². The molecule has 2 atom stereocenters. The molecule has 1 fully saturated rings. The maximum absolute atomic E-state index is 6.12. The fourth-order valence-electron chi connectivity index (χ4n) is 2.04. The van der Waals surface area contributed by atoms with Crippen molar-refractivity contribution in [2.75, 3.05) is 0 Å². The second kappa shape index (κ2) is 3.66. The molecule has 1 aromatic rings. The summed E-state index contributed by atoms with van der Waals surface area (Å²) in [6.45, 7) is 0. The van der Waals surface area contributed by atoms with Crippen LogP contribution in [0.3, 0.4) is 0 Å². The van der Waals surface area contributed by atoms with Crippen molar-refractivity contribution < 1.29 is 0 Å². The van der Waals surface area contributed by atoms with Gasteiger partial charge in [-0.25, -0.2) is 4.98 Å². The van der Waals surface area contributed by atoms with Crippen LogP contribution in [0.25, 0.3) is 0 Å². The van der Waals surface area contributed by atoms with E-state index in [1.165, 1.54) is 12.8 Å². The lowest BCUT2D eigenvalue weighted by Crippen LogP contribution is -2.17. The SMILES string of the molecule is Cn1ncnc1C1CCCC(Cl)C1. The van der Waals surface area contributed by atoms with Crippen molar-refractivity contribution in [1.82, 2.24) is 14.8 Å². The van der Waals surface area contributed by atoms with Gasteiger partial charge in [0.25, 0.3) is 0 Å². The second-order valence-corrected chi connectivity index (χ2v) is 4.32. The number of rotatable bonds is 1. The quantitative estimate of drug-likeness (QED) is 0.649. The van der Waals surface area contributed by atoms with Gasteiger partial charge >= 0.3 is 0 Å². The topological polar surface area (TPSA) is 30.7 Å². The van der Waals surface area contributed by atoms with Crippen LogP contribution in [0.4, 0.5) is 0 Å². The molecular formula is C9H14ClN3. The van der Waals surface area contributed by atoms with Gasteiger partial charge in [0.15, 0.2) is 0 Å². The summed E-state index contributed by atoms with van der Waals surface area (Å²) in [5, 5.41) is 4.41. The molecule has 2 rings (SSSR count). The minimum absolute atomic E-state index is 0.329. The molecule has 4 heteroatoms. The second-order valence-electron chi connectivity index (χ2n) is 3.70. The predicted octanol–water partition coefficient (Wildman–Crippen LogP) is 2.08. The Morgan fingerprint density at radius 3 is 3.00 bits per heavy atom. The lowest BCUT2D eigenvalue weighted by Gasteiger charge is -2.24. The molecule has 1 aliphatic rings. The van der Waals surface area contributed by atoms with Crippen molar-refractivity contribution in [3.63, 3.8) is 0 Å². The van der Waals surface area contributed by atoms with Gasteiger partial charge in [0.05, 0.1) is 0 Å². The number of hydrogen-bond acceptors (Lipinski definition) is 2. The largest absolute Gasteiger partial charge is 0.253 e. The first kappa shape index (κ1) is 9.00. The van der Waals surface area contributed by atoms with E-state index in [4.69, 9.17) is 11.6 Å². The van der Waals surface area contributed by atoms with Crippen LogP contribution in [0, 0.1) is 0 Å². The van der Waals surface area contributed by atoms with Crippen LogP contribution in [0.15, 0.2) is 6.33 Å². The Hall–Kier alpha value is -0.570. The Kier molecular flexibility index (Phi) is 2.54. The fraction of sp³-hybridized carbons (Fsp3) is 0.778. The summed E-state index contributed by atoms with van der Waals surface area (Å²) in [4.78, 5) is 4.27. The number of aryl methyl sites for hydroxylation is 1. The molecule has 2 unspecified atom stereocenters. The molecule has 0 aliphatic heterocycles. The lowest BCUT2D eigenvalue weighted by atomic mass is 9.88. The Morgan fingerprint density at radius 1 is 1.54 bits per heavy atom. The summed E-state index contributed by atoms with van der Waals surface area (Å²) in [5.41, 5.74) is 0. The average Bonchev–Trinajstić information content (AvgIpc) is 2.51. The van der Waals surface area contributed by atoms with Crippen molar-refractivity contribution in [1.29, 1.82) is 0 Å². The Morgan fingerprint density at radius 2 is 2.38 bits per heavy atom. The van der Waals surface area contributed by atoms with Gasteiger partial charge in [0, 0.05) is 18.3 Å². The van der Waals surface area contributed by atoms with Crippen LogP contribution in [-0.2, 0) is 7.05 Å². The van der Waals surface area contributed by atoms with Crippen LogP contribution in [-0.4, -0.2) is 20.1 Å². The molecule has 0 radical (unpaired) electrons. The van der Waals surface area contributed by atoms with E-state index in [0.29, 0.717) is 11.3 Å². The minimum Gasteiger partial charge on any atom is -0.253 e. The monoisotopic (exact) mass is 199 g/mol. The molecule has 0 N–H and O–H groups in total. The zero-order valence-corrected chi connectivity index (χ0v) is 8.54. The number of alkyl halides is 1. The molecule has 1 aromatic heterocycles. The highest BCUT2D eigenvalue weighted by atomic mass is 35.5. The molecule has 0 bridgehead atoms. The molecule has 3 nitrogen and oxygen atoms in total. The van der Waals surface area contributed by atoms with Crippen LogP contribution < -0.4 is 0 Å². The van der Waals surface area contributed by atoms with E-state index in [2.05, 4.69) is 10.1 Å². The van der Waals surface area contributed by atoms with Gasteiger partial charge < -0.3 is 0 Å². The smallest absolute Gasteiger partial charge is 0.138 e. The fourth-order valence-corrected chi connectivity index (χ4v) is 2.41. The highest BCUT2D eigenvalue weighted by molar-refractivity contribution is 6.20. The van der Waals surface area contributed by atoms with Crippen LogP contribution in [0.5, 0.6) is 0 Å². The van der Waals surface area contributed by atoms with Gasteiger partial charge in [-0.15, -0.1) is 11.6 Å². The summed E-state index contributed by atoms with van der Waals surface area (Å²) >= 11 is 6.12. The number of hydrogen-bond donors (Lipinski definition) is 0. The molecule has 0 amide bonds. The Bertz CT molecular complexity index is 284. The van der Waals surface area contributed by atoms with Crippen molar-refractivity contribution in [3.05, 3.63) is 12.2 Å². The number of halogens is 1. The lowest BCUT2D eigenvalue weighted by molar-refractivity contribution is 0.422. The molecule has 13 heavy (non-hydrogen) atoms. The maximum Gasteiger partial charge on any atom is 0.138 e. The first-order chi connectivity index (χ1) is 6.27. The zero-order chi connectivity index (χ0) is 9.26. The van der Waals surface area contributed by atoms with E-state index in [1.54, 1.807) is 6.33 Å². The summed E-state index contributed by atoms with van der Waals surface area (Å²) < 4.78 is 1.86. The van der Waals surface area contributed by atoms with Crippen molar-refractivity contribution in [2.45, 2.75) is 37.0 Å². The third-order valence-electron chi connectivity index (χ3n) is 2.72. The van der Waals surface area contributed by atoms with Gasteiger partial charge in [0.2, 0.25) is 0 Å². The molecule has 1 saturated carbocycles. The summed E-state index contributed by atoms with van der Waals surface area (Å²) in [6.07, 6.45) is 6.23. The average molecular weight is 200 g/mol. The van der Waals surface area contributed by atoms with E-state index in [1.807, 2.05) is 11.7 Å². The van der Waals surface area contributed by atoms with Crippen LogP contribution >= 0.6 is 11.6 Å². The standard InChI is InChI=1S/C9H14ClN3/c1-13-9(11-6-12-13)7-3-2-4-8(10)5-7/h6-8H,2-5H2,1H3. The van der Waals surface area contributed by atoms with E-state index < -0.39 is 0 Å². The molecule has 1 heterocycles. The van der Waals surface area contributed by atoms with Gasteiger partial charge in [0.1, 0.15) is 12.2 Å². The normalized spacial score (nSPS) is 29.1. The van der Waals surface area contributed by atoms with Crippen molar-refractivity contribution in [3.8, 4) is 0 Å².